The minimum Gasteiger partial charge on any atom is -0.356 e. The highest BCUT2D eigenvalue weighted by atomic mass is 35.5. The maximum absolute atomic E-state index is 12.5. The molecule has 0 unspecified atom stereocenters. The summed E-state index contributed by atoms with van der Waals surface area (Å²) in [4.78, 5) is 11.5. The van der Waals surface area contributed by atoms with Gasteiger partial charge >= 0.3 is 0 Å². The van der Waals surface area contributed by atoms with Gasteiger partial charge in [-0.25, -0.2) is 8.42 Å². The van der Waals surface area contributed by atoms with Crippen molar-refractivity contribution in [3.8, 4) is 0 Å². The zero-order valence-electron chi connectivity index (χ0n) is 13.9. The van der Waals surface area contributed by atoms with Crippen LogP contribution in [0.25, 0.3) is 0 Å². The highest BCUT2D eigenvalue weighted by Crippen LogP contribution is 2.25. The molecule has 0 aliphatic carbocycles. The summed E-state index contributed by atoms with van der Waals surface area (Å²) < 4.78 is 27.4. The van der Waals surface area contributed by atoms with E-state index in [9.17, 15) is 13.2 Å². The Morgan fingerprint density at radius 2 is 2.08 bits per heavy atom. The van der Waals surface area contributed by atoms with Crippen molar-refractivity contribution in [2.45, 2.75) is 38.0 Å². The van der Waals surface area contributed by atoms with Crippen LogP contribution in [0.1, 0.15) is 30.3 Å². The molecule has 0 atom stereocenters. The number of carbonyl (C=O) groups is 1. The molecule has 0 aliphatic rings. The van der Waals surface area contributed by atoms with Crippen molar-refractivity contribution in [3.05, 3.63) is 33.8 Å². The van der Waals surface area contributed by atoms with E-state index >= 15 is 0 Å². The molecule has 0 radical (unpaired) electrons. The highest BCUT2D eigenvalue weighted by Gasteiger charge is 2.20. The van der Waals surface area contributed by atoms with Crippen molar-refractivity contribution in [2.75, 3.05) is 11.3 Å². The van der Waals surface area contributed by atoms with E-state index in [0.717, 1.165) is 17.8 Å². The fraction of sp³-hybridized carbons (Fsp3) is 0.400. The van der Waals surface area contributed by atoms with Crippen molar-refractivity contribution >= 4 is 44.0 Å². The number of sulfonamides is 1. The Labute approximate surface area is 155 Å². The second kappa shape index (κ2) is 8.59. The van der Waals surface area contributed by atoms with Gasteiger partial charge in [0.1, 0.15) is 5.01 Å². The van der Waals surface area contributed by atoms with Crippen LogP contribution in [0.15, 0.2) is 23.1 Å². The summed E-state index contributed by atoms with van der Waals surface area (Å²) in [5, 5.41) is 11.8. The summed E-state index contributed by atoms with van der Waals surface area (Å²) in [6.45, 7) is 4.01. The Hall–Kier alpha value is -1.71. The number of rotatable bonds is 8. The number of benzene rings is 1. The number of anilines is 1. The van der Waals surface area contributed by atoms with Gasteiger partial charge in [-0.15, -0.1) is 10.2 Å². The van der Waals surface area contributed by atoms with Crippen LogP contribution in [-0.4, -0.2) is 31.1 Å². The molecule has 1 heterocycles. The number of hydrogen-bond donors (Lipinski definition) is 2. The normalized spacial score (nSPS) is 11.3. The summed E-state index contributed by atoms with van der Waals surface area (Å²) in [6, 6.07) is 4.69. The quantitative estimate of drug-likeness (QED) is 0.706. The Morgan fingerprint density at radius 3 is 2.80 bits per heavy atom. The zero-order valence-corrected chi connectivity index (χ0v) is 16.3. The lowest BCUT2D eigenvalue weighted by atomic mass is 10.2. The van der Waals surface area contributed by atoms with Crippen LogP contribution < -0.4 is 10.0 Å². The van der Waals surface area contributed by atoms with Crippen molar-refractivity contribution < 1.29 is 13.2 Å². The van der Waals surface area contributed by atoms with Gasteiger partial charge in [-0.2, -0.15) is 0 Å². The first-order valence-corrected chi connectivity index (χ1v) is 10.4. The molecule has 0 fully saturated rings. The molecule has 0 bridgehead atoms. The maximum atomic E-state index is 12.5. The molecule has 7 nitrogen and oxygen atoms in total. The molecule has 10 heteroatoms. The molecule has 2 N–H and O–H groups in total. The van der Waals surface area contributed by atoms with Crippen LogP contribution >= 0.6 is 22.9 Å². The lowest BCUT2D eigenvalue weighted by Crippen LogP contribution is -2.25. The van der Waals surface area contributed by atoms with E-state index in [4.69, 9.17) is 11.6 Å². The number of aromatic nitrogens is 2. The molecule has 2 aromatic rings. The number of nitrogens with zero attached hydrogens (tertiary/aromatic N) is 2. The molecule has 1 amide bonds. The largest absolute Gasteiger partial charge is 0.356 e. The lowest BCUT2D eigenvalue weighted by molar-refractivity contribution is -0.121. The molecule has 0 aliphatic heterocycles. The van der Waals surface area contributed by atoms with E-state index in [1.165, 1.54) is 6.07 Å². The number of hydrogen-bond acceptors (Lipinski definition) is 6. The molecule has 136 valence electrons. The van der Waals surface area contributed by atoms with Crippen molar-refractivity contribution in [3.63, 3.8) is 0 Å². The number of amides is 1. The molecule has 1 aromatic carbocycles. The van der Waals surface area contributed by atoms with Gasteiger partial charge in [0.15, 0.2) is 0 Å². The van der Waals surface area contributed by atoms with Crippen molar-refractivity contribution in [2.24, 2.45) is 0 Å². The van der Waals surface area contributed by atoms with E-state index in [2.05, 4.69) is 20.2 Å². The van der Waals surface area contributed by atoms with Crippen LogP contribution in [0.3, 0.4) is 0 Å². The van der Waals surface area contributed by atoms with Crippen LogP contribution in [-0.2, 0) is 21.2 Å². The predicted octanol–water partition coefficient (Wildman–Crippen LogP) is 2.76. The Bertz CT molecular complexity index is 852. The molecule has 1 aromatic heterocycles. The van der Waals surface area contributed by atoms with E-state index in [-0.39, 0.29) is 15.9 Å². The fourth-order valence-electron chi connectivity index (χ4n) is 2.07. The molecule has 0 spiro atoms. The summed E-state index contributed by atoms with van der Waals surface area (Å²) in [5.41, 5.74) is 0.472. The van der Waals surface area contributed by atoms with E-state index < -0.39 is 10.0 Å². The van der Waals surface area contributed by atoms with Crippen LogP contribution in [0.5, 0.6) is 0 Å². The summed E-state index contributed by atoms with van der Waals surface area (Å²) in [7, 11) is -3.79. The Balaban J connectivity index is 2.00. The topological polar surface area (TPSA) is 101 Å². The zero-order chi connectivity index (χ0) is 18.4. The van der Waals surface area contributed by atoms with Crippen molar-refractivity contribution in [1.82, 2.24) is 15.5 Å². The van der Waals surface area contributed by atoms with Gasteiger partial charge in [-0.3, -0.25) is 9.52 Å². The van der Waals surface area contributed by atoms with Crippen molar-refractivity contribution in [1.29, 1.82) is 0 Å². The first-order valence-electron chi connectivity index (χ1n) is 7.70. The molecule has 2 rings (SSSR count). The monoisotopic (exact) mass is 402 g/mol. The van der Waals surface area contributed by atoms with E-state index in [1.807, 2.05) is 6.92 Å². The minimum absolute atomic E-state index is 0.00984. The predicted molar refractivity (Wildman–Crippen MR) is 98.5 cm³/mol. The van der Waals surface area contributed by atoms with Crippen LogP contribution in [0, 0.1) is 6.92 Å². The minimum atomic E-state index is -3.79. The first-order chi connectivity index (χ1) is 11.8. The summed E-state index contributed by atoms with van der Waals surface area (Å²) >= 11 is 7.11. The molecule has 25 heavy (non-hydrogen) atoms. The number of nitrogens with one attached hydrogen (secondary N) is 2. The third-order valence-corrected chi connectivity index (χ3v) is 6.25. The smallest absolute Gasteiger partial charge is 0.264 e. The van der Waals surface area contributed by atoms with Gasteiger partial charge in [-0.1, -0.05) is 35.9 Å². The SMILES string of the molecule is CCCC(=O)NCCc1nnc(NS(=O)(=O)c2cccc(Cl)c2C)s1. The van der Waals surface area contributed by atoms with E-state index in [1.54, 1.807) is 19.1 Å². The van der Waals surface area contributed by atoms with Gasteiger partial charge in [-0.05, 0) is 31.0 Å². The van der Waals surface area contributed by atoms with Gasteiger partial charge in [0.2, 0.25) is 11.0 Å². The third kappa shape index (κ3) is 5.38. The third-order valence-electron chi connectivity index (χ3n) is 3.33. The van der Waals surface area contributed by atoms with Gasteiger partial charge in [0.05, 0.1) is 4.90 Å². The van der Waals surface area contributed by atoms with Gasteiger partial charge in [0.25, 0.3) is 10.0 Å². The average Bonchev–Trinajstić information content (AvgIpc) is 2.96. The molecular weight excluding hydrogens is 384 g/mol. The maximum Gasteiger partial charge on any atom is 0.264 e. The summed E-state index contributed by atoms with van der Waals surface area (Å²) in [5.74, 6) is -0.00984. The molecular formula is C15H19ClN4O3S2. The fourth-order valence-corrected chi connectivity index (χ4v) is 4.54. The van der Waals surface area contributed by atoms with Crippen LogP contribution in [0.2, 0.25) is 5.02 Å². The second-order valence-electron chi connectivity index (χ2n) is 5.32. The van der Waals surface area contributed by atoms with Gasteiger partial charge < -0.3 is 5.32 Å². The standard InChI is InChI=1S/C15H19ClN4O3S2/c1-3-5-13(21)17-9-8-14-18-19-15(24-14)20-25(22,23)12-7-4-6-11(16)10(12)2/h4,6-7H,3,5,8-9H2,1-2H3,(H,17,21)(H,19,20). The first kappa shape index (κ1) is 19.6. The van der Waals surface area contributed by atoms with E-state index in [0.29, 0.717) is 35.0 Å². The molecule has 0 saturated heterocycles. The molecule has 0 saturated carbocycles. The lowest BCUT2D eigenvalue weighted by Gasteiger charge is -2.08. The number of halogens is 1. The van der Waals surface area contributed by atoms with Gasteiger partial charge in [0, 0.05) is 24.4 Å². The Morgan fingerprint density at radius 1 is 1.32 bits per heavy atom. The Kier molecular flexibility index (Phi) is 6.74. The average molecular weight is 403 g/mol. The number of carbonyl (C=O) groups excluding carboxylic acids is 1. The second-order valence-corrected chi connectivity index (χ2v) is 8.44. The summed E-state index contributed by atoms with van der Waals surface area (Å²) in [6.07, 6.45) is 1.77. The van der Waals surface area contributed by atoms with Crippen LogP contribution in [0.4, 0.5) is 5.13 Å². The highest BCUT2D eigenvalue weighted by molar-refractivity contribution is 7.93.